The first kappa shape index (κ1) is 22.7. The van der Waals surface area contributed by atoms with Gasteiger partial charge in [0.05, 0.1) is 22.9 Å². The molecule has 0 aliphatic rings. The van der Waals surface area contributed by atoms with Gasteiger partial charge in [-0.1, -0.05) is 97.1 Å². The van der Waals surface area contributed by atoms with Gasteiger partial charge in [-0.3, -0.25) is 9.55 Å². The minimum absolute atomic E-state index is 0.586. The summed E-state index contributed by atoms with van der Waals surface area (Å²) in [6, 6.07) is 40.2. The number of aromatic nitrogens is 6. The van der Waals surface area contributed by atoms with E-state index in [2.05, 4.69) is 21.7 Å². The Labute approximate surface area is 225 Å². The average Bonchev–Trinajstić information content (AvgIpc) is 3.42. The molecule has 0 amide bonds. The van der Waals surface area contributed by atoms with Crippen LogP contribution in [0.3, 0.4) is 0 Å². The molecule has 7 rings (SSSR count). The molecule has 3 heterocycles. The largest absolute Gasteiger partial charge is 0.291 e. The lowest BCUT2D eigenvalue weighted by atomic mass is 10.1. The summed E-state index contributed by atoms with van der Waals surface area (Å²) in [7, 11) is 0. The molecule has 3 aromatic heterocycles. The third kappa shape index (κ3) is 4.24. The molecule has 0 saturated heterocycles. The molecule has 0 radical (unpaired) electrons. The highest BCUT2D eigenvalue weighted by molar-refractivity contribution is 5.87. The second-order valence-corrected chi connectivity index (χ2v) is 9.05. The smallest absolute Gasteiger partial charge is 0.164 e. The predicted molar refractivity (Wildman–Crippen MR) is 154 cm³/mol. The van der Waals surface area contributed by atoms with Crippen molar-refractivity contribution in [3.63, 3.8) is 0 Å². The zero-order chi connectivity index (χ0) is 26.0. The fourth-order valence-corrected chi connectivity index (χ4v) is 4.76. The molecule has 6 heteroatoms. The van der Waals surface area contributed by atoms with E-state index in [9.17, 15) is 0 Å². The van der Waals surface area contributed by atoms with Crippen molar-refractivity contribution in [2.24, 2.45) is 0 Å². The van der Waals surface area contributed by atoms with Gasteiger partial charge in [0.15, 0.2) is 17.5 Å². The average molecular weight is 503 g/mol. The second-order valence-electron chi connectivity index (χ2n) is 9.05. The molecule has 0 N–H and O–H groups in total. The molecule has 4 aromatic carbocycles. The van der Waals surface area contributed by atoms with Gasteiger partial charge < -0.3 is 0 Å². The summed E-state index contributed by atoms with van der Waals surface area (Å²) in [5.41, 5.74) is 6.48. The highest BCUT2D eigenvalue weighted by atomic mass is 15.1. The first-order valence-electron chi connectivity index (χ1n) is 12.7. The minimum atomic E-state index is 0.586. The summed E-state index contributed by atoms with van der Waals surface area (Å²) in [6.45, 7) is 0. The van der Waals surface area contributed by atoms with E-state index in [0.717, 1.165) is 44.8 Å². The minimum Gasteiger partial charge on any atom is -0.291 e. The van der Waals surface area contributed by atoms with E-state index in [4.69, 9.17) is 19.9 Å². The molecule has 184 valence electrons. The number of rotatable bonds is 5. The van der Waals surface area contributed by atoms with E-state index in [1.165, 1.54) is 0 Å². The standard InChI is InChI=1S/C33H22N6/c1-3-12-23(13-4-1)30-36-31(24-14-5-2-6-15-24)38-32(37-30)26-17-7-8-18-27(26)33-35-28-19-9-10-20-29(28)39(33)25-16-11-21-34-22-25/h1-22H. The fourth-order valence-electron chi connectivity index (χ4n) is 4.76. The van der Waals surface area contributed by atoms with Crippen LogP contribution >= 0.6 is 0 Å². The van der Waals surface area contributed by atoms with Crippen molar-refractivity contribution in [2.75, 3.05) is 0 Å². The van der Waals surface area contributed by atoms with E-state index in [1.807, 2.05) is 115 Å². The SMILES string of the molecule is c1ccc(-c2nc(-c3ccccc3)nc(-c3ccccc3-c3nc4ccccc4n3-c3cccnc3)n2)cc1. The topological polar surface area (TPSA) is 69.4 Å². The van der Waals surface area contributed by atoms with Crippen LogP contribution in [0.1, 0.15) is 0 Å². The summed E-state index contributed by atoms with van der Waals surface area (Å²) in [6.07, 6.45) is 3.63. The van der Waals surface area contributed by atoms with Gasteiger partial charge in [-0.2, -0.15) is 0 Å². The van der Waals surface area contributed by atoms with Crippen LogP contribution in [-0.4, -0.2) is 29.5 Å². The number of imidazole rings is 1. The number of benzene rings is 4. The molecule has 0 saturated carbocycles. The van der Waals surface area contributed by atoms with Crippen molar-refractivity contribution in [3.05, 3.63) is 134 Å². The monoisotopic (exact) mass is 502 g/mol. The summed E-state index contributed by atoms with van der Waals surface area (Å²) in [5, 5.41) is 0. The Bertz CT molecular complexity index is 1840. The summed E-state index contributed by atoms with van der Waals surface area (Å²) in [4.78, 5) is 24.2. The van der Waals surface area contributed by atoms with E-state index in [-0.39, 0.29) is 0 Å². The van der Waals surface area contributed by atoms with Crippen molar-refractivity contribution in [1.82, 2.24) is 29.5 Å². The number of nitrogens with zero attached hydrogens (tertiary/aromatic N) is 6. The van der Waals surface area contributed by atoms with Gasteiger partial charge >= 0.3 is 0 Å². The van der Waals surface area contributed by atoms with Gasteiger partial charge in [-0.15, -0.1) is 0 Å². The predicted octanol–water partition coefficient (Wildman–Crippen LogP) is 7.27. The molecule has 0 spiro atoms. The van der Waals surface area contributed by atoms with Crippen LogP contribution in [0.15, 0.2) is 134 Å². The summed E-state index contributed by atoms with van der Waals surface area (Å²) in [5.74, 6) is 2.62. The Morgan fingerprint density at radius 3 is 1.72 bits per heavy atom. The van der Waals surface area contributed by atoms with Crippen LogP contribution in [0.25, 0.3) is 62.3 Å². The molecule has 6 nitrogen and oxygen atoms in total. The Morgan fingerprint density at radius 1 is 0.462 bits per heavy atom. The van der Waals surface area contributed by atoms with Gasteiger partial charge in [0, 0.05) is 28.5 Å². The number of para-hydroxylation sites is 2. The zero-order valence-corrected chi connectivity index (χ0v) is 20.9. The van der Waals surface area contributed by atoms with E-state index in [1.54, 1.807) is 6.20 Å². The molecule has 0 aliphatic carbocycles. The van der Waals surface area contributed by atoms with Gasteiger partial charge in [-0.05, 0) is 24.3 Å². The van der Waals surface area contributed by atoms with Crippen LogP contribution in [0.4, 0.5) is 0 Å². The first-order valence-corrected chi connectivity index (χ1v) is 12.7. The van der Waals surface area contributed by atoms with Gasteiger partial charge in [-0.25, -0.2) is 19.9 Å². The Kier molecular flexibility index (Phi) is 5.68. The molecule has 0 fully saturated rings. The molecule has 0 atom stereocenters. The zero-order valence-electron chi connectivity index (χ0n) is 20.9. The summed E-state index contributed by atoms with van der Waals surface area (Å²) >= 11 is 0. The maximum Gasteiger partial charge on any atom is 0.164 e. The van der Waals surface area contributed by atoms with Gasteiger partial charge in [0.25, 0.3) is 0 Å². The van der Waals surface area contributed by atoms with Gasteiger partial charge in [0.1, 0.15) is 5.82 Å². The van der Waals surface area contributed by atoms with Gasteiger partial charge in [0.2, 0.25) is 0 Å². The van der Waals surface area contributed by atoms with Crippen LogP contribution in [0, 0.1) is 0 Å². The molecule has 0 aliphatic heterocycles. The molecular formula is C33H22N6. The molecule has 0 unspecified atom stereocenters. The Balaban J connectivity index is 1.49. The number of hydrogen-bond acceptors (Lipinski definition) is 5. The van der Waals surface area contributed by atoms with Crippen LogP contribution in [-0.2, 0) is 0 Å². The lowest BCUT2D eigenvalue weighted by Gasteiger charge is -2.13. The van der Waals surface area contributed by atoms with Crippen molar-refractivity contribution < 1.29 is 0 Å². The number of pyridine rings is 1. The lowest BCUT2D eigenvalue weighted by molar-refractivity contribution is 1.06. The maximum atomic E-state index is 5.07. The highest BCUT2D eigenvalue weighted by Gasteiger charge is 2.20. The van der Waals surface area contributed by atoms with E-state index < -0.39 is 0 Å². The summed E-state index contributed by atoms with van der Waals surface area (Å²) < 4.78 is 2.14. The Hall–Kier alpha value is -5.49. The molecule has 0 bridgehead atoms. The fraction of sp³-hybridized carbons (Fsp3) is 0. The lowest BCUT2D eigenvalue weighted by Crippen LogP contribution is -2.03. The van der Waals surface area contributed by atoms with Crippen molar-refractivity contribution in [2.45, 2.75) is 0 Å². The first-order chi connectivity index (χ1) is 19.3. The Morgan fingerprint density at radius 2 is 1.05 bits per heavy atom. The van der Waals surface area contributed by atoms with E-state index in [0.29, 0.717) is 17.5 Å². The van der Waals surface area contributed by atoms with Crippen molar-refractivity contribution in [1.29, 1.82) is 0 Å². The van der Waals surface area contributed by atoms with Crippen LogP contribution in [0.5, 0.6) is 0 Å². The normalized spacial score (nSPS) is 11.1. The maximum absolute atomic E-state index is 5.07. The third-order valence-corrected chi connectivity index (χ3v) is 6.57. The molecule has 7 aromatic rings. The molecular weight excluding hydrogens is 480 g/mol. The quantitative estimate of drug-likeness (QED) is 0.247. The number of hydrogen-bond donors (Lipinski definition) is 0. The van der Waals surface area contributed by atoms with Crippen LogP contribution < -0.4 is 0 Å². The van der Waals surface area contributed by atoms with E-state index >= 15 is 0 Å². The van der Waals surface area contributed by atoms with Crippen LogP contribution in [0.2, 0.25) is 0 Å². The number of fused-ring (bicyclic) bond motifs is 1. The highest BCUT2D eigenvalue weighted by Crippen LogP contribution is 2.35. The third-order valence-electron chi connectivity index (χ3n) is 6.57. The van der Waals surface area contributed by atoms with Crippen molar-refractivity contribution >= 4 is 11.0 Å². The molecule has 39 heavy (non-hydrogen) atoms. The van der Waals surface area contributed by atoms with Crippen molar-refractivity contribution in [3.8, 4) is 51.2 Å². The second kappa shape index (κ2) is 9.76.